The molecule has 0 aliphatic carbocycles. The molecule has 0 unspecified atom stereocenters. The summed E-state index contributed by atoms with van der Waals surface area (Å²) in [4.78, 5) is 0. The third-order valence-corrected chi connectivity index (χ3v) is 4.08. The van der Waals surface area contributed by atoms with Crippen LogP contribution in [0.4, 0.5) is 22.7 Å². The maximum atomic E-state index is 10.2. The average molecular weight is 339 g/mol. The van der Waals surface area contributed by atoms with E-state index in [2.05, 4.69) is 15.5 Å². The van der Waals surface area contributed by atoms with Crippen LogP contribution in [0.15, 0.2) is 101 Å². The fourth-order valence-electron chi connectivity index (χ4n) is 2.76. The number of azo groups is 1. The summed E-state index contributed by atoms with van der Waals surface area (Å²) in [5.41, 5.74) is 3.15. The molecule has 0 fully saturated rings. The zero-order chi connectivity index (χ0) is 17.8. The van der Waals surface area contributed by atoms with Crippen LogP contribution in [0.2, 0.25) is 0 Å². The first kappa shape index (κ1) is 15.8. The van der Waals surface area contributed by atoms with Crippen molar-refractivity contribution < 1.29 is 5.11 Å². The van der Waals surface area contributed by atoms with E-state index in [1.807, 2.05) is 84.9 Å². The molecule has 26 heavy (non-hydrogen) atoms. The largest absolute Gasteiger partial charge is 0.506 e. The maximum absolute atomic E-state index is 10.2. The molecule has 4 aromatic carbocycles. The number of hydrogen-bond acceptors (Lipinski definition) is 4. The van der Waals surface area contributed by atoms with Gasteiger partial charge in [-0.05, 0) is 47.9 Å². The van der Waals surface area contributed by atoms with Crippen molar-refractivity contribution in [1.82, 2.24) is 0 Å². The van der Waals surface area contributed by atoms with Gasteiger partial charge in [-0.3, -0.25) is 0 Å². The SMILES string of the molecule is Oc1ccc2ccccc2c1Nc1ccc(N=Nc2ccccc2)cc1. The standard InChI is InChI=1S/C22H17N3O/c26-21-15-10-16-6-4-5-9-20(16)22(21)23-17-11-13-19(14-12-17)25-24-18-7-2-1-3-8-18/h1-15,23,26H. The highest BCUT2D eigenvalue weighted by Crippen LogP contribution is 2.35. The van der Waals surface area contributed by atoms with E-state index in [1.165, 1.54) is 0 Å². The summed E-state index contributed by atoms with van der Waals surface area (Å²) >= 11 is 0. The maximum Gasteiger partial charge on any atom is 0.139 e. The van der Waals surface area contributed by atoms with Crippen LogP contribution >= 0.6 is 0 Å². The molecule has 0 atom stereocenters. The van der Waals surface area contributed by atoms with E-state index in [-0.39, 0.29) is 5.75 Å². The van der Waals surface area contributed by atoms with E-state index in [4.69, 9.17) is 0 Å². The Morgan fingerprint density at radius 2 is 1.27 bits per heavy atom. The molecule has 0 spiro atoms. The molecule has 126 valence electrons. The monoisotopic (exact) mass is 339 g/mol. The number of benzene rings is 4. The van der Waals surface area contributed by atoms with Crippen molar-refractivity contribution >= 4 is 33.5 Å². The number of nitrogens with zero attached hydrogens (tertiary/aromatic N) is 2. The smallest absolute Gasteiger partial charge is 0.139 e. The molecule has 0 saturated carbocycles. The summed E-state index contributed by atoms with van der Waals surface area (Å²) in [5, 5.41) is 24.0. The minimum atomic E-state index is 0.219. The van der Waals surface area contributed by atoms with Gasteiger partial charge in [0.15, 0.2) is 0 Å². The van der Waals surface area contributed by atoms with Gasteiger partial charge in [-0.15, -0.1) is 0 Å². The number of phenols is 1. The lowest BCUT2D eigenvalue weighted by Gasteiger charge is -2.12. The Bertz CT molecular complexity index is 1060. The van der Waals surface area contributed by atoms with E-state index >= 15 is 0 Å². The quantitative estimate of drug-likeness (QED) is 0.321. The molecule has 4 rings (SSSR count). The van der Waals surface area contributed by atoms with Crippen molar-refractivity contribution in [2.45, 2.75) is 0 Å². The lowest BCUT2D eigenvalue weighted by molar-refractivity contribution is 0.478. The number of rotatable bonds is 4. The van der Waals surface area contributed by atoms with E-state index in [0.29, 0.717) is 5.69 Å². The van der Waals surface area contributed by atoms with Crippen molar-refractivity contribution in [3.63, 3.8) is 0 Å². The number of fused-ring (bicyclic) bond motifs is 1. The van der Waals surface area contributed by atoms with Crippen LogP contribution in [0.1, 0.15) is 0 Å². The number of anilines is 2. The molecule has 0 aromatic heterocycles. The van der Waals surface area contributed by atoms with E-state index in [1.54, 1.807) is 6.07 Å². The van der Waals surface area contributed by atoms with Crippen LogP contribution in [-0.2, 0) is 0 Å². The zero-order valence-corrected chi connectivity index (χ0v) is 14.0. The molecule has 0 amide bonds. The summed E-state index contributed by atoms with van der Waals surface area (Å²) in [7, 11) is 0. The molecule has 4 heteroatoms. The summed E-state index contributed by atoms with van der Waals surface area (Å²) in [5.74, 6) is 0.219. The average Bonchev–Trinajstić information content (AvgIpc) is 2.70. The summed E-state index contributed by atoms with van der Waals surface area (Å²) in [6.45, 7) is 0. The van der Waals surface area contributed by atoms with E-state index in [0.717, 1.165) is 27.8 Å². The van der Waals surface area contributed by atoms with Gasteiger partial charge in [0, 0.05) is 11.1 Å². The van der Waals surface area contributed by atoms with Gasteiger partial charge in [0.25, 0.3) is 0 Å². The third-order valence-electron chi connectivity index (χ3n) is 4.08. The Hall–Kier alpha value is -3.66. The molecule has 4 nitrogen and oxygen atoms in total. The molecule has 0 radical (unpaired) electrons. The van der Waals surface area contributed by atoms with Crippen LogP contribution in [-0.4, -0.2) is 5.11 Å². The highest BCUT2D eigenvalue weighted by molar-refractivity contribution is 5.98. The molecule has 0 saturated heterocycles. The zero-order valence-electron chi connectivity index (χ0n) is 14.0. The van der Waals surface area contributed by atoms with Gasteiger partial charge in [0.2, 0.25) is 0 Å². The number of nitrogens with one attached hydrogen (secondary N) is 1. The van der Waals surface area contributed by atoms with Crippen molar-refractivity contribution in [2.24, 2.45) is 10.2 Å². The molecular formula is C22H17N3O. The normalized spacial score (nSPS) is 11.1. The second kappa shape index (κ2) is 7.07. The first-order valence-electron chi connectivity index (χ1n) is 8.34. The van der Waals surface area contributed by atoms with Gasteiger partial charge in [0.1, 0.15) is 5.75 Å². The number of phenolic OH excluding ortho intramolecular Hbond substituents is 1. The lowest BCUT2D eigenvalue weighted by Crippen LogP contribution is -1.92. The number of aromatic hydroxyl groups is 1. The Labute approximate surface area is 151 Å². The molecule has 0 bridgehead atoms. The molecule has 0 aliphatic heterocycles. The molecule has 2 N–H and O–H groups in total. The summed E-state index contributed by atoms with van der Waals surface area (Å²) in [6.07, 6.45) is 0. The Morgan fingerprint density at radius 1 is 0.615 bits per heavy atom. The molecule has 4 aromatic rings. The van der Waals surface area contributed by atoms with Gasteiger partial charge in [-0.25, -0.2) is 0 Å². The highest BCUT2D eigenvalue weighted by atomic mass is 16.3. The first-order valence-corrected chi connectivity index (χ1v) is 8.34. The topological polar surface area (TPSA) is 57.0 Å². The molecular weight excluding hydrogens is 322 g/mol. The van der Waals surface area contributed by atoms with Crippen LogP contribution in [0.3, 0.4) is 0 Å². The Balaban J connectivity index is 1.57. The van der Waals surface area contributed by atoms with Crippen LogP contribution in [0.25, 0.3) is 10.8 Å². The van der Waals surface area contributed by atoms with E-state index in [9.17, 15) is 5.11 Å². The van der Waals surface area contributed by atoms with E-state index < -0.39 is 0 Å². The predicted molar refractivity (Wildman–Crippen MR) is 106 cm³/mol. The minimum Gasteiger partial charge on any atom is -0.506 e. The molecule has 0 aliphatic rings. The second-order valence-corrected chi connectivity index (χ2v) is 5.89. The van der Waals surface area contributed by atoms with Gasteiger partial charge < -0.3 is 10.4 Å². The van der Waals surface area contributed by atoms with Crippen molar-refractivity contribution in [1.29, 1.82) is 0 Å². The van der Waals surface area contributed by atoms with Crippen LogP contribution in [0.5, 0.6) is 5.75 Å². The van der Waals surface area contributed by atoms with Gasteiger partial charge in [-0.2, -0.15) is 10.2 Å². The van der Waals surface area contributed by atoms with Crippen molar-refractivity contribution in [3.8, 4) is 5.75 Å². The van der Waals surface area contributed by atoms with Crippen molar-refractivity contribution in [2.75, 3.05) is 5.32 Å². The second-order valence-electron chi connectivity index (χ2n) is 5.89. The number of hydrogen-bond donors (Lipinski definition) is 2. The summed E-state index contributed by atoms with van der Waals surface area (Å²) < 4.78 is 0. The fraction of sp³-hybridized carbons (Fsp3) is 0. The Morgan fingerprint density at radius 3 is 2.04 bits per heavy atom. The predicted octanol–water partition coefficient (Wildman–Crippen LogP) is 6.70. The summed E-state index contributed by atoms with van der Waals surface area (Å²) in [6, 6.07) is 28.8. The van der Waals surface area contributed by atoms with Gasteiger partial charge in [-0.1, -0.05) is 48.5 Å². The van der Waals surface area contributed by atoms with Crippen LogP contribution < -0.4 is 5.32 Å². The fourth-order valence-corrected chi connectivity index (χ4v) is 2.76. The molecule has 0 heterocycles. The first-order chi connectivity index (χ1) is 12.8. The lowest BCUT2D eigenvalue weighted by atomic mass is 10.1. The Kier molecular flexibility index (Phi) is 4.31. The van der Waals surface area contributed by atoms with Crippen molar-refractivity contribution in [3.05, 3.63) is 91.0 Å². The van der Waals surface area contributed by atoms with Gasteiger partial charge >= 0.3 is 0 Å². The van der Waals surface area contributed by atoms with Crippen LogP contribution in [0, 0.1) is 0 Å². The third kappa shape index (κ3) is 3.39. The minimum absolute atomic E-state index is 0.219. The van der Waals surface area contributed by atoms with Gasteiger partial charge in [0.05, 0.1) is 17.1 Å². The highest BCUT2D eigenvalue weighted by Gasteiger charge is 2.07.